The summed E-state index contributed by atoms with van der Waals surface area (Å²) in [7, 11) is 0. The van der Waals surface area contributed by atoms with Crippen LogP contribution in [-0.4, -0.2) is 40.0 Å². The van der Waals surface area contributed by atoms with Gasteiger partial charge in [-0.2, -0.15) is 0 Å². The zero-order chi connectivity index (χ0) is 17.3. The van der Waals surface area contributed by atoms with Crippen LogP contribution < -0.4 is 0 Å². The number of carbonyl (C=O) groups excluding carboxylic acids is 1. The van der Waals surface area contributed by atoms with Gasteiger partial charge in [0.2, 0.25) is 0 Å². The number of carbonyl (C=O) groups is 2. The van der Waals surface area contributed by atoms with Crippen LogP contribution in [0.4, 0.5) is 0 Å². The van der Waals surface area contributed by atoms with Crippen molar-refractivity contribution in [3.05, 3.63) is 41.6 Å². The summed E-state index contributed by atoms with van der Waals surface area (Å²) >= 11 is 0. The lowest BCUT2D eigenvalue weighted by Gasteiger charge is -2.31. The van der Waals surface area contributed by atoms with Gasteiger partial charge in [0.1, 0.15) is 0 Å². The van der Waals surface area contributed by atoms with E-state index in [4.69, 9.17) is 0 Å². The number of hydrogen-bond acceptors (Lipinski definition) is 3. The van der Waals surface area contributed by atoms with E-state index in [0.717, 1.165) is 23.0 Å². The Morgan fingerprint density at radius 1 is 1.29 bits per heavy atom. The minimum atomic E-state index is -0.824. The lowest BCUT2D eigenvalue weighted by Crippen LogP contribution is -2.42. The summed E-state index contributed by atoms with van der Waals surface area (Å²) in [6.45, 7) is 4.98. The first kappa shape index (κ1) is 16.4. The van der Waals surface area contributed by atoms with Gasteiger partial charge in [-0.15, -0.1) is 0 Å². The highest BCUT2D eigenvalue weighted by Gasteiger charge is 2.29. The number of carboxylic acid groups (broad SMARTS) is 1. The van der Waals surface area contributed by atoms with Gasteiger partial charge in [0.15, 0.2) is 0 Å². The number of pyridine rings is 1. The molecule has 3 rings (SSSR count). The van der Waals surface area contributed by atoms with Crippen LogP contribution in [0.25, 0.3) is 10.9 Å². The highest BCUT2D eigenvalue weighted by atomic mass is 16.4. The Morgan fingerprint density at radius 3 is 2.75 bits per heavy atom. The summed E-state index contributed by atoms with van der Waals surface area (Å²) in [5.41, 5.74) is 2.30. The minimum absolute atomic E-state index is 0.0959. The molecule has 2 heterocycles. The number of aliphatic carboxylic acids is 1. The van der Waals surface area contributed by atoms with Crippen molar-refractivity contribution in [1.82, 2.24) is 9.88 Å². The number of nitrogens with zero attached hydrogens (tertiary/aromatic N) is 2. The van der Waals surface area contributed by atoms with Crippen molar-refractivity contribution in [2.75, 3.05) is 13.1 Å². The molecule has 126 valence electrons. The van der Waals surface area contributed by atoms with Gasteiger partial charge in [-0.1, -0.05) is 32.0 Å². The van der Waals surface area contributed by atoms with Crippen molar-refractivity contribution >= 4 is 22.8 Å². The summed E-state index contributed by atoms with van der Waals surface area (Å²) in [6, 6.07) is 9.48. The molecule has 1 saturated heterocycles. The third kappa shape index (κ3) is 3.11. The number of aromatic nitrogens is 1. The maximum Gasteiger partial charge on any atom is 0.308 e. The van der Waals surface area contributed by atoms with Crippen LogP contribution in [0, 0.1) is 5.92 Å². The molecule has 1 amide bonds. The molecule has 0 spiro atoms. The second-order valence-corrected chi connectivity index (χ2v) is 6.70. The molecule has 0 radical (unpaired) electrons. The lowest BCUT2D eigenvalue weighted by molar-refractivity contribution is -0.143. The number of likely N-dealkylation sites (tertiary alicyclic amines) is 1. The fourth-order valence-corrected chi connectivity index (χ4v) is 3.20. The first-order valence-electron chi connectivity index (χ1n) is 8.39. The molecule has 1 unspecified atom stereocenters. The largest absolute Gasteiger partial charge is 0.481 e. The van der Waals surface area contributed by atoms with E-state index in [1.807, 2.05) is 44.2 Å². The predicted molar refractivity (Wildman–Crippen MR) is 92.1 cm³/mol. The van der Waals surface area contributed by atoms with Gasteiger partial charge in [-0.3, -0.25) is 14.6 Å². The summed E-state index contributed by atoms with van der Waals surface area (Å²) in [5, 5.41) is 10.1. The molecule has 1 N–H and O–H groups in total. The molecular weight excluding hydrogens is 304 g/mol. The van der Waals surface area contributed by atoms with Gasteiger partial charge in [0, 0.05) is 24.2 Å². The number of rotatable bonds is 3. The molecule has 1 aliphatic rings. The standard InChI is InChI=1S/C19H22N2O3/c1-12(2)17-10-15(14-7-3-4-8-16(14)20-17)18(22)21-9-5-6-13(11-21)19(23)24/h3-4,7-8,10,12-13H,5-6,9,11H2,1-2H3,(H,23,24). The number of hydrogen-bond donors (Lipinski definition) is 1. The van der Waals surface area contributed by atoms with Gasteiger partial charge < -0.3 is 10.0 Å². The third-order valence-corrected chi connectivity index (χ3v) is 4.62. The number of carboxylic acids is 1. The summed E-state index contributed by atoms with van der Waals surface area (Å²) in [4.78, 5) is 30.6. The molecule has 1 aromatic heterocycles. The van der Waals surface area contributed by atoms with Crippen LogP contribution in [-0.2, 0) is 4.79 Å². The molecule has 1 aromatic carbocycles. The van der Waals surface area contributed by atoms with Crippen molar-refractivity contribution in [1.29, 1.82) is 0 Å². The SMILES string of the molecule is CC(C)c1cc(C(=O)N2CCCC(C(=O)O)C2)c2ccccc2n1. The normalized spacial score (nSPS) is 18.1. The highest BCUT2D eigenvalue weighted by molar-refractivity contribution is 6.06. The number of para-hydroxylation sites is 1. The van der Waals surface area contributed by atoms with Crippen LogP contribution in [0.3, 0.4) is 0 Å². The number of fused-ring (bicyclic) bond motifs is 1. The molecule has 1 atom stereocenters. The summed E-state index contributed by atoms with van der Waals surface area (Å²) < 4.78 is 0. The summed E-state index contributed by atoms with van der Waals surface area (Å²) in [5.74, 6) is -1.17. The highest BCUT2D eigenvalue weighted by Crippen LogP contribution is 2.25. The van der Waals surface area contributed by atoms with E-state index in [2.05, 4.69) is 4.98 Å². The van der Waals surface area contributed by atoms with E-state index >= 15 is 0 Å². The van der Waals surface area contributed by atoms with Gasteiger partial charge >= 0.3 is 5.97 Å². The Morgan fingerprint density at radius 2 is 2.04 bits per heavy atom. The zero-order valence-corrected chi connectivity index (χ0v) is 14.0. The Balaban J connectivity index is 2.01. The molecule has 5 heteroatoms. The Kier molecular flexibility index (Phi) is 4.51. The van der Waals surface area contributed by atoms with E-state index in [-0.39, 0.29) is 18.4 Å². The van der Waals surface area contributed by atoms with E-state index in [0.29, 0.717) is 18.5 Å². The van der Waals surface area contributed by atoms with Crippen LogP contribution in [0.15, 0.2) is 30.3 Å². The molecule has 0 aliphatic carbocycles. The van der Waals surface area contributed by atoms with Gasteiger partial charge in [0.05, 0.1) is 17.0 Å². The maximum absolute atomic E-state index is 13.1. The van der Waals surface area contributed by atoms with E-state index in [9.17, 15) is 14.7 Å². The molecule has 0 saturated carbocycles. The van der Waals surface area contributed by atoms with Crippen molar-refractivity contribution in [2.45, 2.75) is 32.6 Å². The minimum Gasteiger partial charge on any atom is -0.481 e. The summed E-state index contributed by atoms with van der Waals surface area (Å²) in [6.07, 6.45) is 1.36. The second-order valence-electron chi connectivity index (χ2n) is 6.70. The first-order valence-corrected chi connectivity index (χ1v) is 8.39. The fourth-order valence-electron chi connectivity index (χ4n) is 3.20. The average Bonchev–Trinajstić information content (AvgIpc) is 2.60. The van der Waals surface area contributed by atoms with Crippen molar-refractivity contribution in [3.63, 3.8) is 0 Å². The maximum atomic E-state index is 13.1. The first-order chi connectivity index (χ1) is 11.5. The van der Waals surface area contributed by atoms with Crippen LogP contribution in [0.5, 0.6) is 0 Å². The smallest absolute Gasteiger partial charge is 0.308 e. The van der Waals surface area contributed by atoms with Crippen LogP contribution in [0.2, 0.25) is 0 Å². The van der Waals surface area contributed by atoms with Crippen LogP contribution >= 0.6 is 0 Å². The third-order valence-electron chi connectivity index (χ3n) is 4.62. The van der Waals surface area contributed by atoms with E-state index in [1.165, 1.54) is 0 Å². The fraction of sp³-hybridized carbons (Fsp3) is 0.421. The number of amides is 1. The quantitative estimate of drug-likeness (QED) is 0.939. The zero-order valence-electron chi connectivity index (χ0n) is 14.0. The number of benzene rings is 1. The van der Waals surface area contributed by atoms with Crippen LogP contribution in [0.1, 0.15) is 48.7 Å². The van der Waals surface area contributed by atoms with Crippen molar-refractivity contribution < 1.29 is 14.7 Å². The Bertz CT molecular complexity index is 785. The lowest BCUT2D eigenvalue weighted by atomic mass is 9.96. The Hall–Kier alpha value is -2.43. The topological polar surface area (TPSA) is 70.5 Å². The molecule has 1 fully saturated rings. The van der Waals surface area contributed by atoms with Gasteiger partial charge in [0.25, 0.3) is 5.91 Å². The second kappa shape index (κ2) is 6.59. The van der Waals surface area contributed by atoms with Gasteiger partial charge in [-0.25, -0.2) is 0 Å². The molecule has 0 bridgehead atoms. The van der Waals surface area contributed by atoms with E-state index in [1.54, 1.807) is 4.90 Å². The monoisotopic (exact) mass is 326 g/mol. The average molecular weight is 326 g/mol. The van der Waals surface area contributed by atoms with E-state index < -0.39 is 11.9 Å². The van der Waals surface area contributed by atoms with Crippen molar-refractivity contribution in [3.8, 4) is 0 Å². The molecule has 24 heavy (non-hydrogen) atoms. The predicted octanol–water partition coefficient (Wildman–Crippen LogP) is 3.30. The van der Waals surface area contributed by atoms with Gasteiger partial charge in [-0.05, 0) is 30.9 Å². The Labute approximate surface area is 141 Å². The molecular formula is C19H22N2O3. The van der Waals surface area contributed by atoms with Crippen molar-refractivity contribution in [2.24, 2.45) is 5.92 Å². The molecule has 5 nitrogen and oxygen atoms in total. The number of piperidine rings is 1. The molecule has 1 aliphatic heterocycles. The molecule has 2 aromatic rings.